The Morgan fingerprint density at radius 2 is 1.51 bits per heavy atom. The molecule has 0 fully saturated rings. The van der Waals surface area contributed by atoms with Crippen LogP contribution in [0.3, 0.4) is 0 Å². The molecule has 0 saturated carbocycles. The topological polar surface area (TPSA) is 100 Å². The zero-order valence-corrected chi connectivity index (χ0v) is 23.7. The summed E-state index contributed by atoms with van der Waals surface area (Å²) in [5.41, 5.74) is 1.02. The molecule has 206 valence electrons. The lowest BCUT2D eigenvalue weighted by molar-refractivity contribution is -0.146. The first kappa shape index (κ1) is 30.2. The van der Waals surface area contributed by atoms with Crippen molar-refractivity contribution in [2.75, 3.05) is 26.9 Å². The number of carbonyl (C=O) groups excluding carboxylic acids is 3. The van der Waals surface area contributed by atoms with Crippen LogP contribution in [0.15, 0.2) is 54.6 Å². The van der Waals surface area contributed by atoms with Crippen molar-refractivity contribution in [3.8, 4) is 17.2 Å². The minimum Gasteiger partial charge on any atom is -0.496 e. The van der Waals surface area contributed by atoms with Crippen molar-refractivity contribution in [1.82, 2.24) is 5.32 Å². The molecule has 1 atom stereocenters. The summed E-state index contributed by atoms with van der Waals surface area (Å²) < 4.78 is 21.4. The fourth-order valence-electron chi connectivity index (χ4n) is 3.61. The summed E-state index contributed by atoms with van der Waals surface area (Å²) in [5, 5.41) is 3.50. The van der Waals surface area contributed by atoms with Gasteiger partial charge >= 0.3 is 11.9 Å². The van der Waals surface area contributed by atoms with E-state index < -0.39 is 18.0 Å². The highest BCUT2D eigenvalue weighted by Gasteiger charge is 2.26. The lowest BCUT2D eigenvalue weighted by atomic mass is 10.0. The van der Waals surface area contributed by atoms with Crippen LogP contribution in [-0.2, 0) is 19.1 Å². The van der Waals surface area contributed by atoms with E-state index in [0.717, 1.165) is 0 Å². The molecule has 0 heterocycles. The van der Waals surface area contributed by atoms with Gasteiger partial charge in [-0.05, 0) is 74.0 Å². The summed E-state index contributed by atoms with van der Waals surface area (Å²) in [6.07, 6.45) is 0. The smallest absolute Gasteiger partial charge is 0.327 e. The Labute approximate surface area is 241 Å². The molecule has 0 aromatic heterocycles. The van der Waals surface area contributed by atoms with Gasteiger partial charge in [0.2, 0.25) is 0 Å². The van der Waals surface area contributed by atoms with E-state index in [9.17, 15) is 14.4 Å². The molecule has 0 aliphatic rings. The van der Waals surface area contributed by atoms with E-state index in [1.807, 2.05) is 0 Å². The maximum Gasteiger partial charge on any atom is 0.327 e. The second kappa shape index (κ2) is 14.2. The zero-order chi connectivity index (χ0) is 28.5. The molecule has 3 aromatic carbocycles. The van der Waals surface area contributed by atoms with Crippen molar-refractivity contribution in [3.63, 3.8) is 0 Å². The maximum atomic E-state index is 13.1. The Balaban J connectivity index is 1.91. The van der Waals surface area contributed by atoms with Crippen molar-refractivity contribution >= 4 is 52.5 Å². The largest absolute Gasteiger partial charge is 0.496 e. The van der Waals surface area contributed by atoms with Crippen LogP contribution in [-0.4, -0.2) is 44.6 Å². The van der Waals surface area contributed by atoms with Gasteiger partial charge in [0.05, 0.1) is 42.5 Å². The summed E-state index contributed by atoms with van der Waals surface area (Å²) in [4.78, 5) is 37.6. The lowest BCUT2D eigenvalue weighted by Crippen LogP contribution is -2.34. The molecule has 8 nitrogen and oxygen atoms in total. The summed E-state index contributed by atoms with van der Waals surface area (Å²) >= 11 is 19.0. The van der Waals surface area contributed by atoms with Gasteiger partial charge in [-0.3, -0.25) is 14.9 Å². The molecular formula is C28H26Cl3NO7. The lowest BCUT2D eigenvalue weighted by Gasteiger charge is -2.19. The quantitative estimate of drug-likeness (QED) is 0.189. The SMILES string of the molecule is CCOC(=O)CNC(C(=O)OCC)c1cc(Cl)c(Oc2ccc(OC)c(C(=O)c3ccc(Cl)cc3)c2)c(Cl)c1. The van der Waals surface area contributed by atoms with Crippen LogP contribution in [0.25, 0.3) is 0 Å². The zero-order valence-electron chi connectivity index (χ0n) is 21.4. The van der Waals surface area contributed by atoms with E-state index >= 15 is 0 Å². The van der Waals surface area contributed by atoms with Crippen molar-refractivity contribution in [2.24, 2.45) is 0 Å². The van der Waals surface area contributed by atoms with Gasteiger partial charge in [-0.2, -0.15) is 0 Å². The van der Waals surface area contributed by atoms with Crippen LogP contribution in [0, 0.1) is 0 Å². The van der Waals surface area contributed by atoms with E-state index in [-0.39, 0.29) is 52.6 Å². The molecule has 1 unspecified atom stereocenters. The third kappa shape index (κ3) is 7.86. The summed E-state index contributed by atoms with van der Waals surface area (Å²) in [7, 11) is 1.46. The Kier molecular flexibility index (Phi) is 11.0. The fourth-order valence-corrected chi connectivity index (χ4v) is 4.31. The second-order valence-corrected chi connectivity index (χ2v) is 9.24. The van der Waals surface area contributed by atoms with E-state index in [4.69, 9.17) is 53.8 Å². The number of ketones is 1. The van der Waals surface area contributed by atoms with Crippen molar-refractivity contribution < 1.29 is 33.3 Å². The average molecular weight is 595 g/mol. The average Bonchev–Trinajstić information content (AvgIpc) is 2.91. The number of hydrogen-bond acceptors (Lipinski definition) is 8. The molecule has 11 heteroatoms. The first-order valence-corrected chi connectivity index (χ1v) is 13.0. The minimum absolute atomic E-state index is 0.0890. The van der Waals surface area contributed by atoms with Gasteiger partial charge in [0.15, 0.2) is 11.5 Å². The van der Waals surface area contributed by atoms with Crippen LogP contribution in [0.5, 0.6) is 17.2 Å². The second-order valence-electron chi connectivity index (χ2n) is 7.98. The first-order valence-electron chi connectivity index (χ1n) is 11.9. The Morgan fingerprint density at radius 1 is 0.872 bits per heavy atom. The van der Waals surface area contributed by atoms with Crippen LogP contribution >= 0.6 is 34.8 Å². The van der Waals surface area contributed by atoms with E-state index in [1.54, 1.807) is 50.2 Å². The van der Waals surface area contributed by atoms with Gasteiger partial charge < -0.3 is 18.9 Å². The molecular weight excluding hydrogens is 569 g/mol. The molecule has 0 aliphatic carbocycles. The number of benzene rings is 3. The van der Waals surface area contributed by atoms with Gasteiger partial charge in [-0.15, -0.1) is 0 Å². The van der Waals surface area contributed by atoms with Crippen LogP contribution in [0.1, 0.15) is 41.4 Å². The molecule has 0 bridgehead atoms. The Hall–Kier alpha value is -3.30. The normalized spacial score (nSPS) is 11.4. The molecule has 3 rings (SSSR count). The van der Waals surface area contributed by atoms with E-state index in [2.05, 4.69) is 5.32 Å². The number of nitrogens with one attached hydrogen (secondary N) is 1. The molecule has 3 aromatic rings. The fraction of sp³-hybridized carbons (Fsp3) is 0.250. The highest BCUT2D eigenvalue weighted by molar-refractivity contribution is 6.37. The first-order chi connectivity index (χ1) is 18.7. The van der Waals surface area contributed by atoms with Crippen LogP contribution < -0.4 is 14.8 Å². The number of carbonyl (C=O) groups is 3. The molecule has 0 spiro atoms. The standard InChI is InChI=1S/C28H26Cl3NO7/c1-4-37-24(33)15-32-25(28(35)38-5-2)17-12-21(30)27(22(31)13-17)39-19-10-11-23(36-3)20(14-19)26(34)16-6-8-18(29)9-7-16/h6-14,25,32H,4-5,15H2,1-3H3. The van der Waals surface area contributed by atoms with Crippen LogP contribution in [0.2, 0.25) is 15.1 Å². The molecule has 0 aliphatic heterocycles. The van der Waals surface area contributed by atoms with Crippen LogP contribution in [0.4, 0.5) is 0 Å². The Morgan fingerprint density at radius 3 is 2.10 bits per heavy atom. The molecule has 0 amide bonds. The number of rotatable bonds is 12. The number of esters is 2. The molecule has 0 saturated heterocycles. The summed E-state index contributed by atoms with van der Waals surface area (Å²) in [5.74, 6) is -0.737. The van der Waals surface area contributed by atoms with E-state index in [1.165, 1.54) is 25.3 Å². The highest BCUT2D eigenvalue weighted by Crippen LogP contribution is 2.40. The van der Waals surface area contributed by atoms with Crippen molar-refractivity contribution in [1.29, 1.82) is 0 Å². The number of hydrogen-bond donors (Lipinski definition) is 1. The number of halogens is 3. The third-order valence-corrected chi connectivity index (χ3v) is 6.19. The molecule has 0 radical (unpaired) electrons. The van der Waals surface area contributed by atoms with Gasteiger partial charge in [0.1, 0.15) is 17.5 Å². The van der Waals surface area contributed by atoms with Gasteiger partial charge in [-0.25, -0.2) is 4.79 Å². The van der Waals surface area contributed by atoms with Crippen molar-refractivity contribution in [2.45, 2.75) is 19.9 Å². The van der Waals surface area contributed by atoms with Gasteiger partial charge in [-0.1, -0.05) is 34.8 Å². The predicted octanol–water partition coefficient (Wildman–Crippen LogP) is 6.44. The summed E-state index contributed by atoms with van der Waals surface area (Å²) in [6, 6.07) is 13.1. The predicted molar refractivity (Wildman–Crippen MR) is 148 cm³/mol. The maximum absolute atomic E-state index is 13.1. The molecule has 1 N–H and O–H groups in total. The van der Waals surface area contributed by atoms with Gasteiger partial charge in [0, 0.05) is 10.6 Å². The van der Waals surface area contributed by atoms with Gasteiger partial charge in [0.25, 0.3) is 0 Å². The number of ether oxygens (including phenoxy) is 4. The van der Waals surface area contributed by atoms with E-state index in [0.29, 0.717) is 21.9 Å². The minimum atomic E-state index is -1.04. The highest BCUT2D eigenvalue weighted by atomic mass is 35.5. The number of methoxy groups -OCH3 is 1. The third-order valence-electron chi connectivity index (χ3n) is 5.37. The summed E-state index contributed by atoms with van der Waals surface area (Å²) in [6.45, 7) is 3.44. The monoisotopic (exact) mass is 593 g/mol. The molecule has 39 heavy (non-hydrogen) atoms. The Bertz CT molecular complexity index is 1320. The van der Waals surface area contributed by atoms with Crippen molar-refractivity contribution in [3.05, 3.63) is 86.4 Å².